The maximum atomic E-state index is 14.2. The number of hydrogen-bond donors (Lipinski definition) is 1. The van der Waals surface area contributed by atoms with Crippen LogP contribution in [-0.4, -0.2) is 152 Å². The predicted molar refractivity (Wildman–Crippen MR) is 177 cm³/mol. The molecule has 4 aliphatic heterocycles. The van der Waals surface area contributed by atoms with Crippen molar-refractivity contribution in [3.63, 3.8) is 0 Å². The van der Waals surface area contributed by atoms with E-state index in [9.17, 15) is 19.5 Å². The van der Waals surface area contributed by atoms with E-state index in [1.54, 1.807) is 32.8 Å². The maximum absolute atomic E-state index is 14.2. The van der Waals surface area contributed by atoms with Gasteiger partial charge < -0.3 is 33.9 Å². The van der Waals surface area contributed by atoms with Gasteiger partial charge in [-0.2, -0.15) is 0 Å². The van der Waals surface area contributed by atoms with Gasteiger partial charge in [-0.25, -0.2) is 0 Å². The van der Waals surface area contributed by atoms with Crippen molar-refractivity contribution in [3.8, 4) is 0 Å². The summed E-state index contributed by atoms with van der Waals surface area (Å²) < 4.78 is 24.9. The molecule has 3 fully saturated rings. The lowest BCUT2D eigenvalue weighted by atomic mass is 9.74. The van der Waals surface area contributed by atoms with Gasteiger partial charge in [-0.1, -0.05) is 13.8 Å². The fourth-order valence-electron chi connectivity index (χ4n) is 7.89. The van der Waals surface area contributed by atoms with E-state index in [1.807, 2.05) is 46.1 Å². The van der Waals surface area contributed by atoms with E-state index in [-0.39, 0.29) is 42.4 Å². The van der Waals surface area contributed by atoms with Crippen LogP contribution in [0.1, 0.15) is 67.2 Å². The summed E-state index contributed by atoms with van der Waals surface area (Å²) in [5.41, 5.74) is -1.43. The Morgan fingerprint density at radius 2 is 1.77 bits per heavy atom. The van der Waals surface area contributed by atoms with Crippen molar-refractivity contribution in [3.05, 3.63) is 11.8 Å². The molecule has 0 bridgehead atoms. The second-order valence-electron chi connectivity index (χ2n) is 15.5. The van der Waals surface area contributed by atoms with Crippen LogP contribution in [0.15, 0.2) is 11.8 Å². The average Bonchev–Trinajstić information content (AvgIpc) is 3.49. The number of aliphatic hydroxyl groups excluding tert-OH is 1. The zero-order valence-corrected chi connectivity index (χ0v) is 30.4. The predicted octanol–water partition coefficient (Wildman–Crippen LogP) is 2.14. The van der Waals surface area contributed by atoms with Crippen LogP contribution in [0, 0.1) is 17.3 Å². The quantitative estimate of drug-likeness (QED) is 0.318. The second kappa shape index (κ2) is 15.3. The number of carbonyl (C=O) groups excluding carboxylic acids is 3. The van der Waals surface area contributed by atoms with Crippen LogP contribution >= 0.6 is 0 Å². The van der Waals surface area contributed by atoms with Gasteiger partial charge in [0, 0.05) is 38.4 Å². The van der Waals surface area contributed by atoms with Crippen LogP contribution in [0.5, 0.6) is 0 Å². The maximum Gasteiger partial charge on any atom is 0.319 e. The van der Waals surface area contributed by atoms with Crippen LogP contribution in [0.25, 0.3) is 0 Å². The molecule has 12 heteroatoms. The summed E-state index contributed by atoms with van der Waals surface area (Å²) in [7, 11) is 7.43. The van der Waals surface area contributed by atoms with Crippen LogP contribution in [0.3, 0.4) is 0 Å². The number of ether oxygens (including phenoxy) is 4. The number of aliphatic hydroxyl groups is 1. The Labute approximate surface area is 281 Å². The fraction of sp³-hybridized carbons (Fsp3) is 0.857. The van der Waals surface area contributed by atoms with Crippen molar-refractivity contribution < 1.29 is 38.4 Å². The minimum Gasteiger partial charge on any atom is -0.463 e. The van der Waals surface area contributed by atoms with Gasteiger partial charge in [0.25, 0.3) is 0 Å². The molecule has 9 atom stereocenters. The first-order valence-corrected chi connectivity index (χ1v) is 17.3. The number of ketones is 1. The number of rotatable bonds is 7. The largest absolute Gasteiger partial charge is 0.463 e. The van der Waals surface area contributed by atoms with Crippen LogP contribution in [0.4, 0.5) is 0 Å². The Bertz CT molecular complexity index is 1160. The molecule has 3 saturated heterocycles. The van der Waals surface area contributed by atoms with Gasteiger partial charge in [-0.15, -0.1) is 0 Å². The van der Waals surface area contributed by atoms with Gasteiger partial charge in [0.15, 0.2) is 12.1 Å². The highest BCUT2D eigenvalue weighted by Crippen LogP contribution is 2.38. The van der Waals surface area contributed by atoms with E-state index in [1.165, 1.54) is 0 Å². The van der Waals surface area contributed by atoms with Crippen molar-refractivity contribution in [2.45, 2.75) is 110 Å². The first-order chi connectivity index (χ1) is 22.0. The molecule has 0 aromatic carbocycles. The number of methoxy groups -OCH3 is 1. The minimum atomic E-state index is -1.48. The molecular weight excluding hydrogens is 604 g/mol. The molecule has 0 radical (unpaired) electrons. The Morgan fingerprint density at radius 1 is 1.13 bits per heavy atom. The molecule has 12 nitrogen and oxygen atoms in total. The van der Waals surface area contributed by atoms with Crippen LogP contribution in [0.2, 0.25) is 0 Å². The first kappa shape index (κ1) is 37.9. The van der Waals surface area contributed by atoms with Gasteiger partial charge in [0.05, 0.1) is 30.4 Å². The molecule has 0 aromatic heterocycles. The molecule has 4 heterocycles. The summed E-state index contributed by atoms with van der Waals surface area (Å²) in [6.07, 6.45) is 2.36. The highest BCUT2D eigenvalue weighted by molar-refractivity contribution is 6.04. The topological polar surface area (TPSA) is 121 Å². The SMILES string of the molecule is CO[C@]1(C)C[C@@H](C)CN(C)[C@H](C2=CN(C(=O)CN3CCCC3)C2)COC(=O)C(C)(C)C(=O)[C@H](C)[C@H]1O[C@@H]1O[C@H](C)C[C@H](N(C)C)[C@H]1O. The first-order valence-electron chi connectivity index (χ1n) is 17.3. The van der Waals surface area contributed by atoms with Gasteiger partial charge in [-0.3, -0.25) is 24.2 Å². The zero-order chi connectivity index (χ0) is 34.8. The number of cyclic esters (lactones) is 1. The molecule has 0 unspecified atom stereocenters. The number of Topliss-reactive ketones (excluding diaryl/α,β-unsaturated/α-hetero) is 1. The summed E-state index contributed by atoms with van der Waals surface area (Å²) in [5, 5.41) is 11.3. The lowest BCUT2D eigenvalue weighted by Gasteiger charge is -2.47. The monoisotopic (exact) mass is 664 g/mol. The lowest BCUT2D eigenvalue weighted by Crippen LogP contribution is -2.59. The summed E-state index contributed by atoms with van der Waals surface area (Å²) >= 11 is 0. The third-order valence-corrected chi connectivity index (χ3v) is 10.9. The number of nitrogens with zero attached hydrogens (tertiary/aromatic N) is 4. The number of likely N-dealkylation sites (tertiary alicyclic amines) is 1. The Balaban J connectivity index is 1.60. The number of likely N-dealkylation sites (N-methyl/N-ethyl adjacent to an activating group) is 2. The van der Waals surface area contributed by atoms with E-state index in [4.69, 9.17) is 18.9 Å². The molecule has 0 saturated carbocycles. The highest BCUT2D eigenvalue weighted by Gasteiger charge is 2.51. The van der Waals surface area contributed by atoms with Crippen LogP contribution in [-0.2, 0) is 33.3 Å². The molecule has 0 aliphatic carbocycles. The molecule has 268 valence electrons. The van der Waals surface area contributed by atoms with Gasteiger partial charge in [-0.05, 0) is 99.1 Å². The molecule has 4 rings (SSSR count). The summed E-state index contributed by atoms with van der Waals surface area (Å²) in [6, 6.07) is -0.445. The summed E-state index contributed by atoms with van der Waals surface area (Å²) in [6.45, 7) is 14.5. The van der Waals surface area contributed by atoms with Gasteiger partial charge >= 0.3 is 5.97 Å². The fourth-order valence-corrected chi connectivity index (χ4v) is 7.89. The van der Waals surface area contributed by atoms with E-state index in [0.717, 1.165) is 31.5 Å². The summed E-state index contributed by atoms with van der Waals surface area (Å²) in [5.74, 6) is -1.59. The Kier molecular flexibility index (Phi) is 12.3. The van der Waals surface area contributed by atoms with Crippen molar-refractivity contribution in [2.24, 2.45) is 17.3 Å². The van der Waals surface area contributed by atoms with Gasteiger partial charge in [0.1, 0.15) is 18.1 Å². The Hall–Kier alpha value is -1.93. The molecule has 1 N–H and O–H groups in total. The third-order valence-electron chi connectivity index (χ3n) is 10.9. The molecule has 0 spiro atoms. The second-order valence-corrected chi connectivity index (χ2v) is 15.5. The zero-order valence-electron chi connectivity index (χ0n) is 30.4. The number of esters is 1. The van der Waals surface area contributed by atoms with Crippen molar-refractivity contribution in [1.29, 1.82) is 0 Å². The number of amides is 1. The molecular formula is C35H60N4O8. The van der Waals surface area contributed by atoms with Crippen molar-refractivity contribution in [1.82, 2.24) is 19.6 Å². The van der Waals surface area contributed by atoms with E-state index < -0.39 is 41.4 Å². The minimum absolute atomic E-state index is 0.0700. The molecule has 4 aliphatic rings. The van der Waals surface area contributed by atoms with Crippen LogP contribution < -0.4 is 0 Å². The molecule has 1 amide bonds. The lowest BCUT2D eigenvalue weighted by molar-refractivity contribution is -0.295. The number of hydrogen-bond acceptors (Lipinski definition) is 11. The van der Waals surface area contributed by atoms with E-state index in [0.29, 0.717) is 32.5 Å². The number of carbonyl (C=O) groups is 3. The molecule has 47 heavy (non-hydrogen) atoms. The Morgan fingerprint density at radius 3 is 2.36 bits per heavy atom. The summed E-state index contributed by atoms with van der Waals surface area (Å²) in [4.78, 5) is 48.8. The molecule has 0 aromatic rings. The van der Waals surface area contributed by atoms with E-state index in [2.05, 4.69) is 16.7 Å². The van der Waals surface area contributed by atoms with E-state index >= 15 is 0 Å². The van der Waals surface area contributed by atoms with Gasteiger partial charge in [0.2, 0.25) is 5.91 Å². The average molecular weight is 665 g/mol. The van der Waals surface area contributed by atoms with Crippen molar-refractivity contribution in [2.75, 3.05) is 67.6 Å². The normalized spacial score (nSPS) is 38.2. The smallest absolute Gasteiger partial charge is 0.319 e. The highest BCUT2D eigenvalue weighted by atomic mass is 16.7. The third kappa shape index (κ3) is 8.45. The van der Waals surface area contributed by atoms with Crippen molar-refractivity contribution >= 4 is 17.7 Å². The standard InChI is InChI=1S/C35H60N4O8/c1-22-16-35(6,44-10)31(47-32-29(41)26(36(7)8)15-23(2)46-32)24(3)30(42)34(4,5)33(43)45-21-27(37(9)17-22)25-18-39(19-25)28(40)20-38-13-11-12-14-38/h18,22-24,26-27,29,31-32,41H,11-17,19-21H2,1-10H3/t22-,23-,24+,26+,27+,29-,31-,32+,35-/m1/s1.